The minimum absolute atomic E-state index is 0.0404. The van der Waals surface area contributed by atoms with Gasteiger partial charge in [-0.3, -0.25) is 4.79 Å². The Bertz CT molecular complexity index is 707. The number of phenols is 1. The number of nitrogens with one attached hydrogen (secondary N) is 1. The van der Waals surface area contributed by atoms with Crippen molar-refractivity contribution in [1.29, 1.82) is 0 Å². The highest BCUT2D eigenvalue weighted by Gasteiger charge is 2.05. The van der Waals surface area contributed by atoms with Crippen LogP contribution >= 0.6 is 11.3 Å². The molecule has 0 aliphatic carbocycles. The summed E-state index contributed by atoms with van der Waals surface area (Å²) in [6.45, 7) is 4.34. The van der Waals surface area contributed by atoms with Crippen LogP contribution in [0.3, 0.4) is 0 Å². The van der Waals surface area contributed by atoms with Crippen molar-refractivity contribution in [2.75, 3.05) is 7.11 Å². The smallest absolute Gasteiger partial charge is 0.244 e. The first-order valence-corrected chi connectivity index (χ1v) is 7.57. The molecular formula is C16H18N2O3S. The van der Waals surface area contributed by atoms with Crippen LogP contribution in [0.4, 0.5) is 0 Å². The van der Waals surface area contributed by atoms with E-state index in [-0.39, 0.29) is 11.7 Å². The molecule has 1 aromatic heterocycles. The van der Waals surface area contributed by atoms with Crippen LogP contribution in [0.1, 0.15) is 21.1 Å². The lowest BCUT2D eigenvalue weighted by molar-refractivity contribution is -0.116. The summed E-state index contributed by atoms with van der Waals surface area (Å²) in [5.41, 5.74) is 1.61. The van der Waals surface area contributed by atoms with Crippen molar-refractivity contribution in [2.24, 2.45) is 0 Å². The first-order chi connectivity index (χ1) is 10.5. The van der Waals surface area contributed by atoms with Gasteiger partial charge in [-0.1, -0.05) is 6.07 Å². The Morgan fingerprint density at radius 1 is 1.45 bits per heavy atom. The van der Waals surface area contributed by atoms with Gasteiger partial charge in [-0.05, 0) is 37.6 Å². The molecule has 0 saturated heterocycles. The fourth-order valence-corrected chi connectivity index (χ4v) is 2.78. The number of methoxy groups -OCH3 is 1. The van der Waals surface area contributed by atoms with Crippen LogP contribution in [0, 0.1) is 13.8 Å². The number of rotatable bonds is 5. The molecule has 1 heterocycles. The van der Waals surface area contributed by atoms with Gasteiger partial charge in [0.15, 0.2) is 11.5 Å². The molecule has 5 nitrogen and oxygen atoms in total. The highest BCUT2D eigenvalue weighted by atomic mass is 32.1. The van der Waals surface area contributed by atoms with E-state index in [2.05, 4.69) is 10.3 Å². The number of amides is 1. The highest BCUT2D eigenvalue weighted by Crippen LogP contribution is 2.26. The monoisotopic (exact) mass is 318 g/mol. The fraction of sp³-hybridized carbons (Fsp3) is 0.250. The fourth-order valence-electron chi connectivity index (χ4n) is 1.95. The zero-order valence-electron chi connectivity index (χ0n) is 12.7. The van der Waals surface area contributed by atoms with Crippen LogP contribution in [-0.4, -0.2) is 23.1 Å². The maximum atomic E-state index is 11.8. The lowest BCUT2D eigenvalue weighted by atomic mass is 10.2. The zero-order valence-corrected chi connectivity index (χ0v) is 13.5. The number of carbonyl (C=O) groups excluding carboxylic acids is 1. The second-order valence-electron chi connectivity index (χ2n) is 4.72. The van der Waals surface area contributed by atoms with E-state index in [4.69, 9.17) is 4.74 Å². The topological polar surface area (TPSA) is 71.5 Å². The number of ether oxygens (including phenoxy) is 1. The summed E-state index contributed by atoms with van der Waals surface area (Å²) in [6, 6.07) is 4.95. The summed E-state index contributed by atoms with van der Waals surface area (Å²) in [4.78, 5) is 17.3. The minimum Gasteiger partial charge on any atom is -0.504 e. The van der Waals surface area contributed by atoms with E-state index in [1.54, 1.807) is 29.5 Å². The van der Waals surface area contributed by atoms with E-state index >= 15 is 0 Å². The summed E-state index contributed by atoms with van der Waals surface area (Å²) in [5.74, 6) is 0.231. The van der Waals surface area contributed by atoms with E-state index in [1.165, 1.54) is 19.3 Å². The molecule has 116 valence electrons. The molecule has 2 N–H and O–H groups in total. The molecule has 1 amide bonds. The van der Waals surface area contributed by atoms with E-state index < -0.39 is 0 Å². The van der Waals surface area contributed by atoms with Crippen LogP contribution in [0.5, 0.6) is 11.5 Å². The third-order valence-electron chi connectivity index (χ3n) is 3.06. The molecular weight excluding hydrogens is 300 g/mol. The largest absolute Gasteiger partial charge is 0.504 e. The summed E-state index contributed by atoms with van der Waals surface area (Å²) < 4.78 is 4.97. The maximum absolute atomic E-state index is 11.8. The van der Waals surface area contributed by atoms with Crippen LogP contribution < -0.4 is 10.1 Å². The zero-order chi connectivity index (χ0) is 16.1. The van der Waals surface area contributed by atoms with Gasteiger partial charge in [0.1, 0.15) is 0 Å². The summed E-state index contributed by atoms with van der Waals surface area (Å²) in [7, 11) is 1.49. The van der Waals surface area contributed by atoms with Crippen LogP contribution in [0.2, 0.25) is 0 Å². The Morgan fingerprint density at radius 2 is 2.23 bits per heavy atom. The van der Waals surface area contributed by atoms with E-state index in [1.807, 2.05) is 13.8 Å². The number of hydrogen-bond donors (Lipinski definition) is 2. The summed E-state index contributed by atoms with van der Waals surface area (Å²) in [6.07, 6.45) is 3.06. The number of carbonyl (C=O) groups is 1. The van der Waals surface area contributed by atoms with Crippen molar-refractivity contribution in [1.82, 2.24) is 10.3 Å². The van der Waals surface area contributed by atoms with Gasteiger partial charge in [0.25, 0.3) is 0 Å². The Morgan fingerprint density at radius 3 is 2.82 bits per heavy atom. The molecule has 0 spiro atoms. The predicted molar refractivity (Wildman–Crippen MR) is 87.1 cm³/mol. The summed E-state index contributed by atoms with van der Waals surface area (Å²) in [5, 5.41) is 13.5. The average molecular weight is 318 g/mol. The van der Waals surface area contributed by atoms with Crippen LogP contribution in [-0.2, 0) is 11.3 Å². The van der Waals surface area contributed by atoms with Crippen LogP contribution in [0.25, 0.3) is 6.08 Å². The number of aromatic nitrogens is 1. The van der Waals surface area contributed by atoms with Crippen LogP contribution in [0.15, 0.2) is 24.3 Å². The molecule has 0 bridgehead atoms. The SMILES string of the molecule is COc1ccc(/C=C/C(=O)NCc2nc(C)sc2C)cc1O. The number of thiazole rings is 1. The molecule has 0 atom stereocenters. The van der Waals surface area contributed by atoms with Crippen molar-refractivity contribution < 1.29 is 14.6 Å². The second-order valence-corrected chi connectivity index (χ2v) is 6.13. The molecule has 1 aromatic carbocycles. The molecule has 0 fully saturated rings. The van der Waals surface area contributed by atoms with E-state index in [9.17, 15) is 9.90 Å². The lowest BCUT2D eigenvalue weighted by Crippen LogP contribution is -2.20. The number of aryl methyl sites for hydroxylation is 2. The first-order valence-electron chi connectivity index (χ1n) is 6.75. The maximum Gasteiger partial charge on any atom is 0.244 e. The highest BCUT2D eigenvalue weighted by molar-refractivity contribution is 7.11. The number of nitrogens with zero attached hydrogens (tertiary/aromatic N) is 1. The quantitative estimate of drug-likeness (QED) is 0.832. The number of benzene rings is 1. The normalized spacial score (nSPS) is 10.9. The lowest BCUT2D eigenvalue weighted by Gasteiger charge is -2.03. The van der Waals surface area contributed by atoms with Gasteiger partial charge in [-0.2, -0.15) is 0 Å². The molecule has 0 unspecified atom stereocenters. The molecule has 0 saturated carbocycles. The number of phenolic OH excluding ortho intramolecular Hbond substituents is 1. The van der Waals surface area contributed by atoms with Gasteiger partial charge in [0.2, 0.25) is 5.91 Å². The van der Waals surface area contributed by atoms with E-state index in [0.717, 1.165) is 15.6 Å². The number of aromatic hydroxyl groups is 1. The molecule has 6 heteroatoms. The third kappa shape index (κ3) is 4.08. The van der Waals surface area contributed by atoms with Gasteiger partial charge >= 0.3 is 0 Å². The Hall–Kier alpha value is -2.34. The van der Waals surface area contributed by atoms with Crippen molar-refractivity contribution in [3.8, 4) is 11.5 Å². The molecule has 0 aliphatic heterocycles. The first kappa shape index (κ1) is 16.0. The van der Waals surface area contributed by atoms with E-state index in [0.29, 0.717) is 17.9 Å². The second kappa shape index (κ2) is 7.09. The Labute approximate surface area is 133 Å². The van der Waals surface area contributed by atoms with Gasteiger partial charge in [-0.15, -0.1) is 11.3 Å². The van der Waals surface area contributed by atoms with Gasteiger partial charge in [-0.25, -0.2) is 4.98 Å². The van der Waals surface area contributed by atoms with Gasteiger partial charge in [0.05, 0.1) is 24.4 Å². The van der Waals surface area contributed by atoms with Crippen molar-refractivity contribution in [3.05, 3.63) is 45.4 Å². The Balaban J connectivity index is 1.94. The predicted octanol–water partition coefficient (Wildman–Crippen LogP) is 2.80. The minimum atomic E-state index is -0.208. The van der Waals surface area contributed by atoms with Crippen molar-refractivity contribution in [3.63, 3.8) is 0 Å². The molecule has 22 heavy (non-hydrogen) atoms. The molecule has 2 aromatic rings. The molecule has 2 rings (SSSR count). The van der Waals surface area contributed by atoms with Crippen molar-refractivity contribution in [2.45, 2.75) is 20.4 Å². The summed E-state index contributed by atoms with van der Waals surface area (Å²) >= 11 is 1.62. The third-order valence-corrected chi connectivity index (χ3v) is 3.99. The average Bonchev–Trinajstić information content (AvgIpc) is 2.81. The van der Waals surface area contributed by atoms with Gasteiger partial charge in [0, 0.05) is 11.0 Å². The molecule has 0 radical (unpaired) electrons. The van der Waals surface area contributed by atoms with Gasteiger partial charge < -0.3 is 15.2 Å². The van der Waals surface area contributed by atoms with Crippen molar-refractivity contribution >= 4 is 23.3 Å². The standard InChI is InChI=1S/C16H18N2O3S/c1-10-13(18-11(2)22-10)9-17-16(20)7-5-12-4-6-15(21-3)14(19)8-12/h4-8,19H,9H2,1-3H3,(H,17,20)/b7-5+. The molecule has 0 aliphatic rings. The number of hydrogen-bond acceptors (Lipinski definition) is 5. The Kier molecular flexibility index (Phi) is 5.16.